The Morgan fingerprint density at radius 2 is 2.19 bits per heavy atom. The average molecular weight is 305 g/mol. The molecule has 2 N–H and O–H groups in total. The SMILES string of the molecule is CC(=O)N1CCCN(Cc2nc(N)c3ccsc3n2)CC1. The van der Waals surface area contributed by atoms with Crippen LogP contribution in [0.3, 0.4) is 0 Å². The number of thiophene rings is 1. The Morgan fingerprint density at radius 3 is 3.00 bits per heavy atom. The molecule has 0 atom stereocenters. The highest BCUT2D eigenvalue weighted by Crippen LogP contribution is 2.23. The zero-order valence-electron chi connectivity index (χ0n) is 12.1. The molecule has 0 aromatic carbocycles. The molecule has 3 heterocycles. The Labute approximate surface area is 127 Å². The van der Waals surface area contributed by atoms with Crippen molar-refractivity contribution in [1.29, 1.82) is 0 Å². The van der Waals surface area contributed by atoms with E-state index in [2.05, 4.69) is 14.9 Å². The zero-order valence-corrected chi connectivity index (χ0v) is 12.9. The van der Waals surface area contributed by atoms with Crippen molar-refractivity contribution in [2.45, 2.75) is 19.9 Å². The van der Waals surface area contributed by atoms with Gasteiger partial charge in [0.1, 0.15) is 16.5 Å². The fourth-order valence-electron chi connectivity index (χ4n) is 2.64. The number of amides is 1. The lowest BCUT2D eigenvalue weighted by molar-refractivity contribution is -0.128. The van der Waals surface area contributed by atoms with Crippen LogP contribution in [0.25, 0.3) is 10.2 Å². The summed E-state index contributed by atoms with van der Waals surface area (Å²) in [6.45, 7) is 5.72. The lowest BCUT2D eigenvalue weighted by Crippen LogP contribution is -2.33. The lowest BCUT2D eigenvalue weighted by Gasteiger charge is -2.20. The van der Waals surface area contributed by atoms with E-state index in [-0.39, 0.29) is 5.91 Å². The molecule has 1 amide bonds. The van der Waals surface area contributed by atoms with Crippen molar-refractivity contribution in [3.8, 4) is 0 Å². The summed E-state index contributed by atoms with van der Waals surface area (Å²) in [6, 6.07) is 1.95. The third-order valence-electron chi connectivity index (χ3n) is 3.80. The lowest BCUT2D eigenvalue weighted by atomic mass is 10.3. The maximum Gasteiger partial charge on any atom is 0.219 e. The normalized spacial score (nSPS) is 17.1. The molecule has 1 saturated heterocycles. The van der Waals surface area contributed by atoms with Crippen molar-refractivity contribution in [2.75, 3.05) is 31.9 Å². The Bertz CT molecular complexity index is 656. The van der Waals surface area contributed by atoms with Crippen molar-refractivity contribution in [3.05, 3.63) is 17.3 Å². The molecule has 6 nitrogen and oxygen atoms in total. The summed E-state index contributed by atoms with van der Waals surface area (Å²) in [5.41, 5.74) is 5.98. The van der Waals surface area contributed by atoms with E-state index in [1.165, 1.54) is 0 Å². The summed E-state index contributed by atoms with van der Waals surface area (Å²) >= 11 is 1.58. The van der Waals surface area contributed by atoms with E-state index in [1.54, 1.807) is 18.3 Å². The number of nitrogens with two attached hydrogens (primary N) is 1. The predicted molar refractivity (Wildman–Crippen MR) is 84.0 cm³/mol. The van der Waals surface area contributed by atoms with Crippen molar-refractivity contribution < 1.29 is 4.79 Å². The molecule has 0 radical (unpaired) electrons. The van der Waals surface area contributed by atoms with E-state index in [9.17, 15) is 4.79 Å². The number of hydrogen-bond acceptors (Lipinski definition) is 6. The molecule has 0 bridgehead atoms. The first-order valence-electron chi connectivity index (χ1n) is 7.11. The van der Waals surface area contributed by atoms with Gasteiger partial charge in [-0.1, -0.05) is 0 Å². The van der Waals surface area contributed by atoms with Gasteiger partial charge in [0.2, 0.25) is 5.91 Å². The molecule has 0 saturated carbocycles. The largest absolute Gasteiger partial charge is 0.383 e. The quantitative estimate of drug-likeness (QED) is 0.906. The van der Waals surface area contributed by atoms with E-state index >= 15 is 0 Å². The summed E-state index contributed by atoms with van der Waals surface area (Å²) < 4.78 is 0. The molecular weight excluding hydrogens is 286 g/mol. The number of fused-ring (bicyclic) bond motifs is 1. The second-order valence-electron chi connectivity index (χ2n) is 5.30. The van der Waals surface area contributed by atoms with Crippen LogP contribution >= 0.6 is 11.3 Å². The van der Waals surface area contributed by atoms with Crippen LogP contribution in [0.15, 0.2) is 11.4 Å². The van der Waals surface area contributed by atoms with Gasteiger partial charge in [-0.25, -0.2) is 9.97 Å². The third kappa shape index (κ3) is 3.14. The number of nitrogen functional groups attached to an aromatic ring is 1. The molecule has 0 unspecified atom stereocenters. The highest BCUT2D eigenvalue weighted by Gasteiger charge is 2.18. The maximum absolute atomic E-state index is 11.4. The standard InChI is InChI=1S/C14H19N5OS/c1-10(20)19-5-2-4-18(6-7-19)9-12-16-13(15)11-3-8-21-14(11)17-12/h3,8H,2,4-7,9H2,1H3,(H2,15,16,17). The van der Waals surface area contributed by atoms with Gasteiger partial charge in [0.05, 0.1) is 11.9 Å². The number of anilines is 1. The van der Waals surface area contributed by atoms with Gasteiger partial charge in [-0.3, -0.25) is 9.69 Å². The highest BCUT2D eigenvalue weighted by atomic mass is 32.1. The average Bonchev–Trinajstić information content (AvgIpc) is 2.78. The molecule has 1 aliphatic rings. The van der Waals surface area contributed by atoms with Crippen molar-refractivity contribution in [3.63, 3.8) is 0 Å². The van der Waals surface area contributed by atoms with E-state index in [0.717, 1.165) is 48.6 Å². The topological polar surface area (TPSA) is 75.4 Å². The van der Waals surface area contributed by atoms with Gasteiger partial charge in [-0.2, -0.15) is 0 Å². The van der Waals surface area contributed by atoms with Gasteiger partial charge in [-0.05, 0) is 17.9 Å². The summed E-state index contributed by atoms with van der Waals surface area (Å²) in [7, 11) is 0. The summed E-state index contributed by atoms with van der Waals surface area (Å²) in [5.74, 6) is 1.47. The molecule has 3 rings (SSSR count). The number of rotatable bonds is 2. The van der Waals surface area contributed by atoms with Crippen molar-refractivity contribution in [2.24, 2.45) is 0 Å². The molecule has 21 heavy (non-hydrogen) atoms. The monoisotopic (exact) mass is 305 g/mol. The van der Waals surface area contributed by atoms with Gasteiger partial charge in [-0.15, -0.1) is 11.3 Å². The summed E-state index contributed by atoms with van der Waals surface area (Å²) in [4.78, 5) is 25.6. The van der Waals surface area contributed by atoms with E-state index in [1.807, 2.05) is 16.3 Å². The van der Waals surface area contributed by atoms with E-state index < -0.39 is 0 Å². The Kier molecular flexibility index (Phi) is 4.03. The maximum atomic E-state index is 11.4. The minimum absolute atomic E-state index is 0.150. The van der Waals surface area contributed by atoms with Crippen LogP contribution in [0.1, 0.15) is 19.2 Å². The van der Waals surface area contributed by atoms with Gasteiger partial charge >= 0.3 is 0 Å². The number of aromatic nitrogens is 2. The smallest absolute Gasteiger partial charge is 0.219 e. The van der Waals surface area contributed by atoms with Gasteiger partial charge in [0, 0.05) is 33.1 Å². The van der Waals surface area contributed by atoms with Crippen LogP contribution < -0.4 is 5.73 Å². The number of hydrogen-bond donors (Lipinski definition) is 1. The van der Waals surface area contributed by atoms with Crippen LogP contribution in [-0.4, -0.2) is 51.9 Å². The van der Waals surface area contributed by atoms with Crippen LogP contribution in [0.2, 0.25) is 0 Å². The van der Waals surface area contributed by atoms with Crippen LogP contribution in [0, 0.1) is 0 Å². The Balaban J connectivity index is 1.71. The molecule has 2 aromatic rings. The minimum atomic E-state index is 0.150. The molecule has 1 aliphatic heterocycles. The third-order valence-corrected chi connectivity index (χ3v) is 4.61. The zero-order chi connectivity index (χ0) is 14.8. The van der Waals surface area contributed by atoms with Crippen LogP contribution in [0.4, 0.5) is 5.82 Å². The summed E-state index contributed by atoms with van der Waals surface area (Å²) in [5, 5.41) is 2.92. The first-order valence-corrected chi connectivity index (χ1v) is 7.99. The molecule has 1 fully saturated rings. The molecule has 2 aromatic heterocycles. The minimum Gasteiger partial charge on any atom is -0.383 e. The van der Waals surface area contributed by atoms with Crippen LogP contribution in [-0.2, 0) is 11.3 Å². The number of nitrogens with zero attached hydrogens (tertiary/aromatic N) is 4. The molecule has 7 heteroatoms. The van der Waals surface area contributed by atoms with Crippen molar-refractivity contribution in [1.82, 2.24) is 19.8 Å². The van der Waals surface area contributed by atoms with Gasteiger partial charge < -0.3 is 10.6 Å². The Morgan fingerprint density at radius 1 is 1.33 bits per heavy atom. The van der Waals surface area contributed by atoms with E-state index in [0.29, 0.717) is 12.4 Å². The second kappa shape index (κ2) is 5.95. The summed E-state index contributed by atoms with van der Waals surface area (Å²) in [6.07, 6.45) is 0.982. The van der Waals surface area contributed by atoms with Crippen LogP contribution in [0.5, 0.6) is 0 Å². The molecular formula is C14H19N5OS. The fourth-order valence-corrected chi connectivity index (χ4v) is 3.43. The van der Waals surface area contributed by atoms with Gasteiger partial charge in [0.15, 0.2) is 0 Å². The fraction of sp³-hybridized carbons (Fsp3) is 0.500. The number of carbonyl (C=O) groups excluding carboxylic acids is 1. The van der Waals surface area contributed by atoms with Gasteiger partial charge in [0.25, 0.3) is 0 Å². The predicted octanol–water partition coefficient (Wildman–Crippen LogP) is 1.33. The molecule has 0 spiro atoms. The molecule has 112 valence electrons. The van der Waals surface area contributed by atoms with E-state index in [4.69, 9.17) is 5.73 Å². The van der Waals surface area contributed by atoms with Crippen molar-refractivity contribution >= 4 is 33.3 Å². The first kappa shape index (κ1) is 14.2. The number of carbonyl (C=O) groups is 1. The highest BCUT2D eigenvalue weighted by molar-refractivity contribution is 7.16. The Hall–Kier alpha value is -1.73. The first-order chi connectivity index (χ1) is 10.1. The molecule has 0 aliphatic carbocycles. The second-order valence-corrected chi connectivity index (χ2v) is 6.19.